The summed E-state index contributed by atoms with van der Waals surface area (Å²) in [6.07, 6.45) is 3.74. The molecule has 0 aliphatic carbocycles. The van der Waals surface area contributed by atoms with Crippen LogP contribution in [0, 0.1) is 0 Å². The Labute approximate surface area is 115 Å². The summed E-state index contributed by atoms with van der Waals surface area (Å²) in [6, 6.07) is 16.6. The van der Waals surface area contributed by atoms with Crippen LogP contribution < -0.4 is 10.6 Å². The first-order valence-corrected chi connectivity index (χ1v) is 8.91. The van der Waals surface area contributed by atoms with Gasteiger partial charge in [0.2, 0.25) is 0 Å². The number of rotatable bonds is 2. The van der Waals surface area contributed by atoms with Gasteiger partial charge in [0.25, 0.3) is 0 Å². The van der Waals surface area contributed by atoms with Crippen LogP contribution >= 0.6 is 7.14 Å². The van der Waals surface area contributed by atoms with Gasteiger partial charge in [0, 0.05) is 16.8 Å². The van der Waals surface area contributed by atoms with Crippen LogP contribution in [0.3, 0.4) is 0 Å². The summed E-state index contributed by atoms with van der Waals surface area (Å²) in [5.41, 5.74) is 2.55. The molecule has 2 aromatic rings. The second kappa shape index (κ2) is 4.98. The Balaban J connectivity index is 2.28. The predicted octanol–water partition coefficient (Wildman–Crippen LogP) is 3.51. The summed E-state index contributed by atoms with van der Waals surface area (Å²) in [6.45, 7) is 2.12. The second-order valence-electron chi connectivity index (χ2n) is 5.22. The van der Waals surface area contributed by atoms with Crippen LogP contribution in [-0.4, -0.2) is 6.16 Å². The summed E-state index contributed by atoms with van der Waals surface area (Å²) < 4.78 is 13.7. The fourth-order valence-corrected chi connectivity index (χ4v) is 6.43. The van der Waals surface area contributed by atoms with E-state index in [-0.39, 0.29) is 0 Å². The lowest BCUT2D eigenvalue weighted by Crippen LogP contribution is -2.21. The third kappa shape index (κ3) is 2.07. The van der Waals surface area contributed by atoms with Crippen LogP contribution in [0.15, 0.2) is 48.5 Å². The van der Waals surface area contributed by atoms with Gasteiger partial charge in [-0.3, -0.25) is 0 Å². The van der Waals surface area contributed by atoms with Gasteiger partial charge in [0.1, 0.15) is 7.14 Å². The van der Waals surface area contributed by atoms with Crippen molar-refractivity contribution in [3.63, 3.8) is 0 Å². The Bertz CT molecular complexity index is 594. The first-order chi connectivity index (χ1) is 9.25. The minimum Gasteiger partial charge on any atom is -0.314 e. The first-order valence-electron chi connectivity index (χ1n) is 7.01. The van der Waals surface area contributed by atoms with Gasteiger partial charge in [-0.05, 0) is 30.4 Å². The zero-order valence-corrected chi connectivity index (χ0v) is 12.2. The average molecular weight is 270 g/mol. The van der Waals surface area contributed by atoms with Crippen molar-refractivity contribution in [1.29, 1.82) is 0 Å². The van der Waals surface area contributed by atoms with E-state index >= 15 is 0 Å². The molecule has 1 nitrogen and oxygen atoms in total. The third-order valence-electron chi connectivity index (χ3n) is 3.96. The quantitative estimate of drug-likeness (QED) is 0.763. The SMILES string of the molecule is CCCP1(=O)c2ccccc2CCc2ccccc21. The van der Waals surface area contributed by atoms with Gasteiger partial charge in [-0.1, -0.05) is 55.5 Å². The minimum atomic E-state index is -2.44. The van der Waals surface area contributed by atoms with Gasteiger partial charge in [0.05, 0.1) is 0 Å². The summed E-state index contributed by atoms with van der Waals surface area (Å²) in [5.74, 6) is 0. The van der Waals surface area contributed by atoms with E-state index in [1.165, 1.54) is 11.1 Å². The minimum absolute atomic E-state index is 0.779. The fraction of sp³-hybridized carbons (Fsp3) is 0.294. The fourth-order valence-electron chi connectivity index (χ4n) is 3.10. The molecule has 0 spiro atoms. The zero-order valence-electron chi connectivity index (χ0n) is 11.3. The topological polar surface area (TPSA) is 17.1 Å². The lowest BCUT2D eigenvalue weighted by atomic mass is 10.0. The van der Waals surface area contributed by atoms with E-state index in [4.69, 9.17) is 0 Å². The Morgan fingerprint density at radius 2 is 1.37 bits per heavy atom. The molecule has 0 unspecified atom stereocenters. The molecule has 19 heavy (non-hydrogen) atoms. The van der Waals surface area contributed by atoms with Crippen LogP contribution in [0.5, 0.6) is 0 Å². The van der Waals surface area contributed by atoms with E-state index in [9.17, 15) is 4.57 Å². The van der Waals surface area contributed by atoms with Crippen molar-refractivity contribution in [2.24, 2.45) is 0 Å². The van der Waals surface area contributed by atoms with E-state index in [0.717, 1.165) is 36.0 Å². The number of aryl methyl sites for hydroxylation is 2. The monoisotopic (exact) mass is 270 g/mol. The molecule has 0 atom stereocenters. The molecular weight excluding hydrogens is 251 g/mol. The first kappa shape index (κ1) is 12.7. The highest BCUT2D eigenvalue weighted by Gasteiger charge is 2.32. The molecule has 0 bridgehead atoms. The van der Waals surface area contributed by atoms with Crippen molar-refractivity contribution >= 4 is 17.8 Å². The van der Waals surface area contributed by atoms with Crippen LogP contribution in [-0.2, 0) is 17.4 Å². The molecule has 98 valence electrons. The van der Waals surface area contributed by atoms with Crippen molar-refractivity contribution in [2.45, 2.75) is 26.2 Å². The summed E-state index contributed by atoms with van der Waals surface area (Å²) in [7, 11) is -2.44. The molecule has 0 amide bonds. The summed E-state index contributed by atoms with van der Waals surface area (Å²) in [5, 5.41) is 2.20. The zero-order chi connectivity index (χ0) is 13.3. The number of hydrogen-bond acceptors (Lipinski definition) is 1. The molecule has 3 rings (SSSR count). The van der Waals surface area contributed by atoms with Gasteiger partial charge < -0.3 is 4.57 Å². The molecule has 2 heteroatoms. The molecule has 0 fully saturated rings. The predicted molar refractivity (Wildman–Crippen MR) is 82.3 cm³/mol. The van der Waals surface area contributed by atoms with Crippen molar-refractivity contribution in [3.8, 4) is 0 Å². The summed E-state index contributed by atoms with van der Waals surface area (Å²) >= 11 is 0. The lowest BCUT2D eigenvalue weighted by Gasteiger charge is -2.20. The van der Waals surface area contributed by atoms with E-state index in [1.54, 1.807) is 0 Å². The smallest absolute Gasteiger partial charge is 0.143 e. The van der Waals surface area contributed by atoms with Gasteiger partial charge in [0.15, 0.2) is 0 Å². The highest BCUT2D eigenvalue weighted by Crippen LogP contribution is 2.47. The van der Waals surface area contributed by atoms with Crippen molar-refractivity contribution < 1.29 is 4.57 Å². The normalized spacial score (nSPS) is 16.3. The van der Waals surface area contributed by atoms with Crippen LogP contribution in [0.1, 0.15) is 24.5 Å². The molecule has 1 aliphatic rings. The highest BCUT2D eigenvalue weighted by atomic mass is 31.2. The van der Waals surface area contributed by atoms with E-state index in [2.05, 4.69) is 43.3 Å². The third-order valence-corrected chi connectivity index (χ3v) is 7.47. The molecular formula is C17H19OP. The molecule has 1 aliphatic heterocycles. The molecule has 0 saturated heterocycles. The van der Waals surface area contributed by atoms with Gasteiger partial charge in [-0.15, -0.1) is 0 Å². The van der Waals surface area contributed by atoms with Crippen LogP contribution in [0.2, 0.25) is 0 Å². The summed E-state index contributed by atoms with van der Waals surface area (Å²) in [4.78, 5) is 0. The molecule has 0 N–H and O–H groups in total. The standard InChI is InChI=1S/C17H19OP/c1-2-13-19(18)16-9-5-3-7-14(16)11-12-15-8-4-6-10-17(15)19/h3-10H,2,11-13H2,1H3. The molecule has 0 aromatic heterocycles. The lowest BCUT2D eigenvalue weighted by molar-refractivity contribution is 0.586. The maximum atomic E-state index is 13.7. The molecule has 0 radical (unpaired) electrons. The van der Waals surface area contributed by atoms with Gasteiger partial charge >= 0.3 is 0 Å². The second-order valence-corrected chi connectivity index (χ2v) is 8.11. The molecule has 0 saturated carbocycles. The largest absolute Gasteiger partial charge is 0.314 e. The Kier molecular flexibility index (Phi) is 3.33. The number of fused-ring (bicyclic) bond motifs is 2. The van der Waals surface area contributed by atoms with E-state index < -0.39 is 7.14 Å². The van der Waals surface area contributed by atoms with Crippen molar-refractivity contribution in [3.05, 3.63) is 59.7 Å². The van der Waals surface area contributed by atoms with Crippen LogP contribution in [0.25, 0.3) is 0 Å². The molecule has 2 aromatic carbocycles. The average Bonchev–Trinajstić information content (AvgIpc) is 2.57. The Hall–Kier alpha value is -1.33. The Morgan fingerprint density at radius 1 is 0.895 bits per heavy atom. The Morgan fingerprint density at radius 3 is 1.84 bits per heavy atom. The van der Waals surface area contributed by atoms with Crippen LogP contribution in [0.4, 0.5) is 0 Å². The van der Waals surface area contributed by atoms with E-state index in [1.807, 2.05) is 12.1 Å². The maximum Gasteiger partial charge on any atom is 0.143 e. The van der Waals surface area contributed by atoms with Crippen molar-refractivity contribution in [2.75, 3.05) is 6.16 Å². The number of benzene rings is 2. The van der Waals surface area contributed by atoms with E-state index in [0.29, 0.717) is 0 Å². The maximum absolute atomic E-state index is 13.7. The van der Waals surface area contributed by atoms with Gasteiger partial charge in [-0.2, -0.15) is 0 Å². The van der Waals surface area contributed by atoms with Gasteiger partial charge in [-0.25, -0.2) is 0 Å². The molecule has 1 heterocycles. The van der Waals surface area contributed by atoms with Crippen molar-refractivity contribution in [1.82, 2.24) is 0 Å². The highest BCUT2D eigenvalue weighted by molar-refractivity contribution is 7.78. The number of hydrogen-bond donors (Lipinski definition) is 0.